The predicted octanol–water partition coefficient (Wildman–Crippen LogP) is 4.81. The van der Waals surface area contributed by atoms with Gasteiger partial charge in [-0.3, -0.25) is 0 Å². The summed E-state index contributed by atoms with van der Waals surface area (Å²) in [5.74, 6) is 0.442. The number of halogens is 2. The number of aromatic nitrogens is 1. The van der Waals surface area contributed by atoms with E-state index in [0.29, 0.717) is 12.5 Å². The summed E-state index contributed by atoms with van der Waals surface area (Å²) in [7, 11) is 0. The maximum absolute atomic E-state index is 5.92. The van der Waals surface area contributed by atoms with Gasteiger partial charge in [0.05, 0.1) is 18.2 Å². The molecule has 0 bridgehead atoms. The average Bonchev–Trinajstić information content (AvgIpc) is 2.85. The molecule has 96 valence electrons. The maximum Gasteiger partial charge on any atom is 0.122 e. The second-order valence-corrected chi connectivity index (χ2v) is 5.49. The third-order valence-electron chi connectivity index (χ3n) is 2.44. The summed E-state index contributed by atoms with van der Waals surface area (Å²) in [5.41, 5.74) is 1.96. The van der Waals surface area contributed by atoms with Gasteiger partial charge in [-0.05, 0) is 24.6 Å². The van der Waals surface area contributed by atoms with Crippen LogP contribution in [0.5, 0.6) is 0 Å². The fourth-order valence-electron chi connectivity index (χ4n) is 1.49. The van der Waals surface area contributed by atoms with E-state index in [0.717, 1.165) is 21.3 Å². The largest absolute Gasteiger partial charge is 0.367 e. The minimum absolute atomic E-state index is 0.0362. The topological polar surface area (TPSA) is 22.1 Å². The molecule has 0 aliphatic carbocycles. The Kier molecular flexibility index (Phi) is 5.01. The summed E-state index contributed by atoms with van der Waals surface area (Å²) in [6, 6.07) is 7.66. The van der Waals surface area contributed by atoms with Crippen molar-refractivity contribution in [2.24, 2.45) is 0 Å². The Morgan fingerprint density at radius 3 is 2.94 bits per heavy atom. The van der Waals surface area contributed by atoms with E-state index in [1.54, 1.807) is 11.3 Å². The monoisotopic (exact) mass is 301 g/mol. The van der Waals surface area contributed by atoms with E-state index in [1.807, 2.05) is 36.6 Å². The Bertz CT molecular complexity index is 515. The van der Waals surface area contributed by atoms with Gasteiger partial charge in [0.2, 0.25) is 0 Å². The van der Waals surface area contributed by atoms with Crippen molar-refractivity contribution in [1.82, 2.24) is 4.98 Å². The number of alkyl halides is 1. The molecule has 0 saturated carbocycles. The molecule has 0 spiro atoms. The molecule has 1 heterocycles. The molecule has 5 heteroatoms. The highest BCUT2D eigenvalue weighted by molar-refractivity contribution is 7.09. The van der Waals surface area contributed by atoms with Gasteiger partial charge in [0.15, 0.2) is 0 Å². The maximum atomic E-state index is 5.92. The van der Waals surface area contributed by atoms with Crippen LogP contribution >= 0.6 is 34.5 Å². The number of nitrogens with zero attached hydrogens (tertiary/aromatic N) is 1. The van der Waals surface area contributed by atoms with Gasteiger partial charge in [0.25, 0.3) is 0 Å². The fourth-order valence-corrected chi connectivity index (χ4v) is 2.75. The molecule has 1 aromatic heterocycles. The summed E-state index contributed by atoms with van der Waals surface area (Å²) in [5, 5.41) is 3.64. The van der Waals surface area contributed by atoms with Crippen molar-refractivity contribution in [2.45, 2.75) is 25.5 Å². The molecule has 1 atom stereocenters. The predicted molar refractivity (Wildman–Crippen MR) is 76.3 cm³/mol. The van der Waals surface area contributed by atoms with E-state index < -0.39 is 0 Å². The normalized spacial score (nSPS) is 12.6. The van der Waals surface area contributed by atoms with Gasteiger partial charge in [-0.25, -0.2) is 4.98 Å². The van der Waals surface area contributed by atoms with E-state index in [4.69, 9.17) is 27.9 Å². The number of hydrogen-bond donors (Lipinski definition) is 0. The molecule has 1 aromatic carbocycles. The molecule has 2 rings (SSSR count). The minimum atomic E-state index is -0.0362. The molecule has 0 saturated heterocycles. The van der Waals surface area contributed by atoms with Gasteiger partial charge < -0.3 is 4.74 Å². The van der Waals surface area contributed by atoms with Gasteiger partial charge in [-0.2, -0.15) is 0 Å². The molecule has 0 fully saturated rings. The second kappa shape index (κ2) is 6.53. The van der Waals surface area contributed by atoms with E-state index >= 15 is 0 Å². The molecule has 0 N–H and O–H groups in total. The molecule has 2 aromatic rings. The van der Waals surface area contributed by atoms with Crippen molar-refractivity contribution >= 4 is 34.5 Å². The Hall–Kier alpha value is -0.610. The van der Waals surface area contributed by atoms with Gasteiger partial charge in [0, 0.05) is 10.4 Å². The lowest BCUT2D eigenvalue weighted by atomic mass is 10.2. The number of thiazole rings is 1. The highest BCUT2D eigenvalue weighted by Gasteiger charge is 2.10. The number of rotatable bonds is 5. The molecule has 2 nitrogen and oxygen atoms in total. The van der Waals surface area contributed by atoms with Crippen molar-refractivity contribution < 1.29 is 4.74 Å². The zero-order valence-corrected chi connectivity index (χ0v) is 12.2. The quantitative estimate of drug-likeness (QED) is 0.739. The summed E-state index contributed by atoms with van der Waals surface area (Å²) in [4.78, 5) is 4.39. The molecular formula is C13H13Cl2NOS. The van der Waals surface area contributed by atoms with Crippen LogP contribution in [-0.4, -0.2) is 4.98 Å². The average molecular weight is 302 g/mol. The lowest BCUT2D eigenvalue weighted by Gasteiger charge is -2.10. The van der Waals surface area contributed by atoms with Gasteiger partial charge in [-0.1, -0.05) is 23.7 Å². The smallest absolute Gasteiger partial charge is 0.122 e. The van der Waals surface area contributed by atoms with Crippen LogP contribution in [0.25, 0.3) is 0 Å². The Morgan fingerprint density at radius 2 is 2.28 bits per heavy atom. The van der Waals surface area contributed by atoms with Crippen molar-refractivity contribution in [3.8, 4) is 0 Å². The standard InChI is InChI=1S/C13H13Cl2NOS/c1-9(13-16-12(6-14)8-18-13)17-7-10-3-2-4-11(15)5-10/h2-5,8-9H,6-7H2,1H3. The van der Waals surface area contributed by atoms with E-state index in [-0.39, 0.29) is 6.10 Å². The van der Waals surface area contributed by atoms with Crippen LogP contribution < -0.4 is 0 Å². The highest BCUT2D eigenvalue weighted by atomic mass is 35.5. The van der Waals surface area contributed by atoms with Crippen molar-refractivity contribution in [3.05, 3.63) is 50.9 Å². The molecule has 18 heavy (non-hydrogen) atoms. The molecule has 0 aliphatic rings. The Balaban J connectivity index is 1.93. The SMILES string of the molecule is CC(OCc1cccc(Cl)c1)c1nc(CCl)cs1. The first kappa shape index (κ1) is 13.8. The molecule has 0 aliphatic heterocycles. The van der Waals surface area contributed by atoms with Gasteiger partial charge in [-0.15, -0.1) is 22.9 Å². The van der Waals surface area contributed by atoms with Gasteiger partial charge in [0.1, 0.15) is 11.1 Å². The Labute approximate surface area is 121 Å². The van der Waals surface area contributed by atoms with Crippen LogP contribution in [-0.2, 0) is 17.2 Å². The molecule has 0 amide bonds. The summed E-state index contributed by atoms with van der Waals surface area (Å²) >= 11 is 13.2. The van der Waals surface area contributed by atoms with E-state index in [2.05, 4.69) is 4.98 Å². The number of ether oxygens (including phenoxy) is 1. The zero-order valence-electron chi connectivity index (χ0n) is 9.90. The summed E-state index contributed by atoms with van der Waals surface area (Å²) in [6.45, 7) is 2.51. The number of benzene rings is 1. The van der Waals surface area contributed by atoms with Crippen LogP contribution in [0, 0.1) is 0 Å². The number of hydrogen-bond acceptors (Lipinski definition) is 3. The molecule has 0 radical (unpaired) electrons. The van der Waals surface area contributed by atoms with Crippen LogP contribution in [0.1, 0.15) is 29.3 Å². The zero-order chi connectivity index (χ0) is 13.0. The van der Waals surface area contributed by atoms with Crippen LogP contribution in [0.15, 0.2) is 29.6 Å². The van der Waals surface area contributed by atoms with Crippen molar-refractivity contribution in [3.63, 3.8) is 0 Å². The minimum Gasteiger partial charge on any atom is -0.367 e. The van der Waals surface area contributed by atoms with E-state index in [9.17, 15) is 0 Å². The van der Waals surface area contributed by atoms with Crippen LogP contribution in [0.2, 0.25) is 5.02 Å². The molecule has 1 unspecified atom stereocenters. The lowest BCUT2D eigenvalue weighted by Crippen LogP contribution is -2.00. The highest BCUT2D eigenvalue weighted by Crippen LogP contribution is 2.23. The summed E-state index contributed by atoms with van der Waals surface area (Å²) < 4.78 is 5.77. The third-order valence-corrected chi connectivity index (χ3v) is 4.01. The first-order valence-corrected chi connectivity index (χ1v) is 7.34. The molecular weight excluding hydrogens is 289 g/mol. The third kappa shape index (κ3) is 3.69. The van der Waals surface area contributed by atoms with Gasteiger partial charge >= 0.3 is 0 Å². The first-order valence-electron chi connectivity index (χ1n) is 5.55. The fraction of sp³-hybridized carbons (Fsp3) is 0.308. The first-order chi connectivity index (χ1) is 8.69. The van der Waals surface area contributed by atoms with Crippen LogP contribution in [0.4, 0.5) is 0 Å². The van der Waals surface area contributed by atoms with Crippen LogP contribution in [0.3, 0.4) is 0 Å². The van der Waals surface area contributed by atoms with E-state index in [1.165, 1.54) is 0 Å². The van der Waals surface area contributed by atoms with Crippen molar-refractivity contribution in [2.75, 3.05) is 0 Å². The second-order valence-electron chi connectivity index (χ2n) is 3.89. The lowest BCUT2D eigenvalue weighted by molar-refractivity contribution is 0.0523. The Morgan fingerprint density at radius 1 is 1.44 bits per heavy atom. The summed E-state index contributed by atoms with van der Waals surface area (Å²) in [6.07, 6.45) is -0.0362. The van der Waals surface area contributed by atoms with Crippen molar-refractivity contribution in [1.29, 1.82) is 0 Å².